The van der Waals surface area contributed by atoms with Gasteiger partial charge in [-0.05, 0) is 50.2 Å². The van der Waals surface area contributed by atoms with Crippen LogP contribution < -0.4 is 10.1 Å². The second-order valence-electron chi connectivity index (χ2n) is 7.61. The van der Waals surface area contributed by atoms with Gasteiger partial charge < -0.3 is 15.0 Å². The standard InChI is InChI=1S/C24H32N4O3/c1-3-28(4-2)24(30)19-27-16-14-26(15-17-27)18-23(29)25-20-10-12-22(13-11-20)31-21-8-6-5-7-9-21/h5-13H,3-4,14-19H2,1-2H3,(H,25,29). The molecule has 0 saturated carbocycles. The number of nitrogens with one attached hydrogen (secondary N) is 1. The highest BCUT2D eigenvalue weighted by molar-refractivity contribution is 5.92. The van der Waals surface area contributed by atoms with Crippen molar-refractivity contribution in [2.75, 3.05) is 57.7 Å². The van der Waals surface area contributed by atoms with E-state index in [9.17, 15) is 9.59 Å². The summed E-state index contributed by atoms with van der Waals surface area (Å²) in [5, 5.41) is 2.94. The van der Waals surface area contributed by atoms with Crippen LogP contribution in [-0.2, 0) is 9.59 Å². The Bertz CT molecular complexity index is 830. The van der Waals surface area contributed by atoms with E-state index in [0.717, 1.165) is 56.5 Å². The molecule has 0 aromatic heterocycles. The summed E-state index contributed by atoms with van der Waals surface area (Å²) in [5.74, 6) is 1.64. The average molecular weight is 425 g/mol. The van der Waals surface area contributed by atoms with Gasteiger partial charge in [0.2, 0.25) is 11.8 Å². The Balaban J connectivity index is 1.40. The largest absolute Gasteiger partial charge is 0.457 e. The summed E-state index contributed by atoms with van der Waals surface area (Å²) >= 11 is 0. The maximum absolute atomic E-state index is 12.4. The van der Waals surface area contributed by atoms with Crippen molar-refractivity contribution in [2.45, 2.75) is 13.8 Å². The van der Waals surface area contributed by atoms with E-state index < -0.39 is 0 Å². The Morgan fingerprint density at radius 1 is 0.839 bits per heavy atom. The fourth-order valence-electron chi connectivity index (χ4n) is 3.61. The van der Waals surface area contributed by atoms with Gasteiger partial charge in [0.15, 0.2) is 0 Å². The molecule has 0 radical (unpaired) electrons. The molecule has 2 aromatic rings. The molecule has 2 amide bonds. The summed E-state index contributed by atoms with van der Waals surface area (Å²) < 4.78 is 5.77. The summed E-state index contributed by atoms with van der Waals surface area (Å²) in [6.07, 6.45) is 0. The Labute approximate surface area is 184 Å². The van der Waals surface area contributed by atoms with Gasteiger partial charge in [-0.2, -0.15) is 0 Å². The fraction of sp³-hybridized carbons (Fsp3) is 0.417. The lowest BCUT2D eigenvalue weighted by molar-refractivity contribution is -0.132. The molecule has 7 nitrogen and oxygen atoms in total. The van der Waals surface area contributed by atoms with Crippen LogP contribution in [-0.4, -0.2) is 78.9 Å². The molecular formula is C24H32N4O3. The van der Waals surface area contributed by atoms with Gasteiger partial charge in [0.25, 0.3) is 0 Å². The van der Waals surface area contributed by atoms with E-state index in [1.165, 1.54) is 0 Å². The Kier molecular flexibility index (Phi) is 8.44. The van der Waals surface area contributed by atoms with E-state index in [4.69, 9.17) is 4.74 Å². The molecule has 1 saturated heterocycles. The van der Waals surface area contributed by atoms with Gasteiger partial charge in [-0.3, -0.25) is 19.4 Å². The predicted molar refractivity (Wildman–Crippen MR) is 122 cm³/mol. The number of ether oxygens (including phenoxy) is 1. The molecule has 7 heteroatoms. The van der Waals surface area contributed by atoms with Crippen molar-refractivity contribution in [3.8, 4) is 11.5 Å². The molecule has 0 aliphatic carbocycles. The normalized spacial score (nSPS) is 14.8. The van der Waals surface area contributed by atoms with Crippen molar-refractivity contribution < 1.29 is 14.3 Å². The minimum absolute atomic E-state index is 0.0376. The second kappa shape index (κ2) is 11.5. The quantitative estimate of drug-likeness (QED) is 0.671. The van der Waals surface area contributed by atoms with E-state index >= 15 is 0 Å². The lowest BCUT2D eigenvalue weighted by Gasteiger charge is -2.34. The van der Waals surface area contributed by atoms with Crippen molar-refractivity contribution in [1.29, 1.82) is 0 Å². The number of nitrogens with zero attached hydrogens (tertiary/aromatic N) is 3. The molecule has 31 heavy (non-hydrogen) atoms. The third-order valence-corrected chi connectivity index (χ3v) is 5.42. The van der Waals surface area contributed by atoms with Crippen molar-refractivity contribution in [3.05, 3.63) is 54.6 Å². The second-order valence-corrected chi connectivity index (χ2v) is 7.61. The first kappa shape index (κ1) is 22.8. The van der Waals surface area contributed by atoms with Crippen molar-refractivity contribution in [1.82, 2.24) is 14.7 Å². The van der Waals surface area contributed by atoms with E-state index in [1.54, 1.807) is 0 Å². The molecule has 0 bridgehead atoms. The minimum atomic E-state index is -0.0376. The van der Waals surface area contributed by atoms with Crippen LogP contribution in [0.2, 0.25) is 0 Å². The van der Waals surface area contributed by atoms with Gasteiger partial charge in [0, 0.05) is 45.0 Å². The molecular weight excluding hydrogens is 392 g/mol. The SMILES string of the molecule is CCN(CC)C(=O)CN1CCN(CC(=O)Nc2ccc(Oc3ccccc3)cc2)CC1. The number of likely N-dealkylation sites (N-methyl/N-ethyl adjacent to an activating group) is 1. The Hall–Kier alpha value is -2.90. The Morgan fingerprint density at radius 3 is 1.97 bits per heavy atom. The fourth-order valence-corrected chi connectivity index (χ4v) is 3.61. The number of rotatable bonds is 9. The van der Waals surface area contributed by atoms with Gasteiger partial charge in [0.05, 0.1) is 13.1 Å². The molecule has 0 unspecified atom stereocenters. The van der Waals surface area contributed by atoms with E-state index in [2.05, 4.69) is 15.1 Å². The number of hydrogen-bond donors (Lipinski definition) is 1. The van der Waals surface area contributed by atoms with E-state index in [-0.39, 0.29) is 11.8 Å². The van der Waals surface area contributed by atoms with Gasteiger partial charge >= 0.3 is 0 Å². The summed E-state index contributed by atoms with van der Waals surface area (Å²) in [5.41, 5.74) is 0.744. The minimum Gasteiger partial charge on any atom is -0.457 e. The lowest BCUT2D eigenvalue weighted by atomic mass is 10.2. The zero-order valence-electron chi connectivity index (χ0n) is 18.4. The molecule has 1 N–H and O–H groups in total. The molecule has 1 fully saturated rings. The van der Waals surface area contributed by atoms with Crippen molar-refractivity contribution in [2.24, 2.45) is 0 Å². The van der Waals surface area contributed by atoms with Crippen LogP contribution >= 0.6 is 0 Å². The van der Waals surface area contributed by atoms with Crippen LogP contribution in [0.25, 0.3) is 0 Å². The Morgan fingerprint density at radius 2 is 1.39 bits per heavy atom. The van der Waals surface area contributed by atoms with Crippen LogP contribution in [0.15, 0.2) is 54.6 Å². The maximum atomic E-state index is 12.4. The number of benzene rings is 2. The van der Waals surface area contributed by atoms with Crippen molar-refractivity contribution in [3.63, 3.8) is 0 Å². The van der Waals surface area contributed by atoms with Crippen LogP contribution in [0.1, 0.15) is 13.8 Å². The van der Waals surface area contributed by atoms with Crippen LogP contribution in [0, 0.1) is 0 Å². The predicted octanol–water partition coefficient (Wildman–Crippen LogP) is 2.90. The summed E-state index contributed by atoms with van der Waals surface area (Å²) in [6, 6.07) is 16.9. The zero-order chi connectivity index (χ0) is 22.1. The molecule has 166 valence electrons. The first-order chi connectivity index (χ1) is 15.1. The molecule has 1 heterocycles. The summed E-state index contributed by atoms with van der Waals surface area (Å²) in [7, 11) is 0. The average Bonchev–Trinajstić information content (AvgIpc) is 2.78. The molecule has 1 aliphatic heterocycles. The topological polar surface area (TPSA) is 65.1 Å². The van der Waals surface area contributed by atoms with Gasteiger partial charge in [0.1, 0.15) is 11.5 Å². The third kappa shape index (κ3) is 7.08. The van der Waals surface area contributed by atoms with Crippen LogP contribution in [0.4, 0.5) is 5.69 Å². The first-order valence-electron chi connectivity index (χ1n) is 10.9. The van der Waals surface area contributed by atoms with Crippen LogP contribution in [0.5, 0.6) is 11.5 Å². The smallest absolute Gasteiger partial charge is 0.238 e. The van der Waals surface area contributed by atoms with Crippen LogP contribution in [0.3, 0.4) is 0 Å². The molecule has 2 aromatic carbocycles. The monoisotopic (exact) mass is 424 g/mol. The highest BCUT2D eigenvalue weighted by atomic mass is 16.5. The molecule has 1 aliphatic rings. The van der Waals surface area contributed by atoms with Gasteiger partial charge in [-0.15, -0.1) is 0 Å². The van der Waals surface area contributed by atoms with E-state index in [0.29, 0.717) is 13.1 Å². The third-order valence-electron chi connectivity index (χ3n) is 5.42. The number of anilines is 1. The van der Waals surface area contributed by atoms with Gasteiger partial charge in [-0.25, -0.2) is 0 Å². The number of carbonyl (C=O) groups excluding carboxylic acids is 2. The zero-order valence-corrected chi connectivity index (χ0v) is 18.4. The molecule has 3 rings (SSSR count). The summed E-state index contributed by atoms with van der Waals surface area (Å²) in [6.45, 7) is 9.45. The summed E-state index contributed by atoms with van der Waals surface area (Å²) in [4.78, 5) is 30.8. The molecule has 0 atom stereocenters. The van der Waals surface area contributed by atoms with Crippen molar-refractivity contribution >= 4 is 17.5 Å². The lowest BCUT2D eigenvalue weighted by Crippen LogP contribution is -2.51. The maximum Gasteiger partial charge on any atom is 0.238 e. The number of piperazine rings is 1. The highest BCUT2D eigenvalue weighted by Crippen LogP contribution is 2.22. The van der Waals surface area contributed by atoms with Gasteiger partial charge in [-0.1, -0.05) is 18.2 Å². The number of hydrogen-bond acceptors (Lipinski definition) is 5. The highest BCUT2D eigenvalue weighted by Gasteiger charge is 2.22. The number of amides is 2. The number of para-hydroxylation sites is 1. The van der Waals surface area contributed by atoms with E-state index in [1.807, 2.05) is 73.3 Å². The number of carbonyl (C=O) groups is 2. The molecule has 0 spiro atoms. The first-order valence-corrected chi connectivity index (χ1v) is 10.9.